The first kappa shape index (κ1) is 22.3. The van der Waals surface area contributed by atoms with E-state index in [1.165, 1.54) is 13.2 Å². The lowest BCUT2D eigenvalue weighted by molar-refractivity contribution is 0.0696. The summed E-state index contributed by atoms with van der Waals surface area (Å²) in [4.78, 5) is 35.8. The number of rotatable bonds is 6. The van der Waals surface area contributed by atoms with Gasteiger partial charge < -0.3 is 14.4 Å². The van der Waals surface area contributed by atoms with Crippen molar-refractivity contribution in [2.45, 2.75) is 26.4 Å². The molecule has 3 heterocycles. The molecule has 0 unspecified atom stereocenters. The molecular formula is C27H24N4O4. The quantitative estimate of drug-likeness (QED) is 0.425. The topological polar surface area (TPSA) is 97.5 Å². The summed E-state index contributed by atoms with van der Waals surface area (Å²) in [5.41, 5.74) is 3.60. The van der Waals surface area contributed by atoms with Crippen LogP contribution in [-0.2, 0) is 6.54 Å². The van der Waals surface area contributed by atoms with Gasteiger partial charge in [0.2, 0.25) is 0 Å². The van der Waals surface area contributed by atoms with E-state index in [9.17, 15) is 14.7 Å². The summed E-state index contributed by atoms with van der Waals surface area (Å²) in [6.07, 6.45) is 3.66. The zero-order chi connectivity index (χ0) is 24.7. The molecule has 0 radical (unpaired) electrons. The molecule has 8 nitrogen and oxygen atoms in total. The second-order valence-corrected chi connectivity index (χ2v) is 8.62. The third-order valence-corrected chi connectivity index (χ3v) is 6.14. The van der Waals surface area contributed by atoms with E-state index < -0.39 is 5.97 Å². The van der Waals surface area contributed by atoms with Crippen molar-refractivity contribution in [3.63, 3.8) is 0 Å². The van der Waals surface area contributed by atoms with Gasteiger partial charge in [-0.05, 0) is 61.4 Å². The van der Waals surface area contributed by atoms with E-state index in [0.29, 0.717) is 40.5 Å². The molecule has 0 spiro atoms. The van der Waals surface area contributed by atoms with Crippen molar-refractivity contribution in [3.8, 4) is 28.4 Å². The van der Waals surface area contributed by atoms with Crippen molar-refractivity contribution in [2.24, 2.45) is 0 Å². The number of hydrogen-bond acceptors (Lipinski definition) is 5. The molecule has 0 fully saturated rings. The fourth-order valence-electron chi connectivity index (χ4n) is 4.35. The zero-order valence-electron chi connectivity index (χ0n) is 19.6. The van der Waals surface area contributed by atoms with Gasteiger partial charge in [-0.15, -0.1) is 0 Å². The number of carbonyl (C=O) groups is 2. The normalized spacial score (nSPS) is 12.8. The summed E-state index contributed by atoms with van der Waals surface area (Å²) in [7, 11) is 1.53. The Hall–Kier alpha value is -4.46. The number of aromatic nitrogens is 3. The molecule has 1 aliphatic heterocycles. The Balaban J connectivity index is 1.50. The van der Waals surface area contributed by atoms with E-state index >= 15 is 0 Å². The smallest absolute Gasteiger partial charge is 0.335 e. The minimum absolute atomic E-state index is 0.148. The maximum absolute atomic E-state index is 13.4. The lowest BCUT2D eigenvalue weighted by Crippen LogP contribution is -2.24. The molecule has 1 amide bonds. The van der Waals surface area contributed by atoms with Crippen LogP contribution in [0, 0.1) is 0 Å². The second-order valence-electron chi connectivity index (χ2n) is 8.62. The highest BCUT2D eigenvalue weighted by molar-refractivity contribution is 6.10. The van der Waals surface area contributed by atoms with Crippen LogP contribution in [0.2, 0.25) is 0 Å². The van der Waals surface area contributed by atoms with Gasteiger partial charge in [0.15, 0.2) is 5.82 Å². The Kier molecular flexibility index (Phi) is 5.56. The van der Waals surface area contributed by atoms with E-state index in [4.69, 9.17) is 9.72 Å². The van der Waals surface area contributed by atoms with Crippen molar-refractivity contribution < 1.29 is 19.4 Å². The Labute approximate surface area is 202 Å². The van der Waals surface area contributed by atoms with Crippen molar-refractivity contribution in [1.82, 2.24) is 14.5 Å². The molecule has 4 aromatic rings. The molecule has 2 aromatic carbocycles. The van der Waals surface area contributed by atoms with Crippen LogP contribution >= 0.6 is 0 Å². The van der Waals surface area contributed by atoms with Crippen LogP contribution in [0.5, 0.6) is 5.75 Å². The van der Waals surface area contributed by atoms with Crippen molar-refractivity contribution >= 4 is 17.7 Å². The predicted octanol–water partition coefficient (Wildman–Crippen LogP) is 5.06. The molecule has 8 heteroatoms. The molecule has 1 N–H and O–H groups in total. The highest BCUT2D eigenvalue weighted by Gasteiger charge is 2.30. The van der Waals surface area contributed by atoms with Crippen molar-refractivity contribution in [2.75, 3.05) is 12.0 Å². The molecule has 0 saturated carbocycles. The van der Waals surface area contributed by atoms with Crippen LogP contribution in [0.15, 0.2) is 67.0 Å². The van der Waals surface area contributed by atoms with Gasteiger partial charge in [-0.25, -0.2) is 14.8 Å². The predicted molar refractivity (Wildman–Crippen MR) is 132 cm³/mol. The molecule has 2 aromatic heterocycles. The monoisotopic (exact) mass is 468 g/mol. The summed E-state index contributed by atoms with van der Waals surface area (Å²) >= 11 is 0. The molecule has 0 saturated heterocycles. The summed E-state index contributed by atoms with van der Waals surface area (Å²) in [6.45, 7) is 4.55. The number of carbonyl (C=O) groups excluding carboxylic acids is 1. The standard InChI is InChI=1S/C27H24N4O4/c1-16(2)30-12-11-28-25(30)22-5-4-6-24(29-22)31-15-19-8-7-17(13-21(19)26(31)32)20-14-18(27(33)34)9-10-23(20)35-3/h4-14,16H,15H2,1-3H3,(H,33,34). The van der Waals surface area contributed by atoms with Gasteiger partial charge in [0.1, 0.15) is 17.3 Å². The minimum atomic E-state index is -1.03. The highest BCUT2D eigenvalue weighted by atomic mass is 16.5. The van der Waals surface area contributed by atoms with Gasteiger partial charge in [-0.1, -0.05) is 18.2 Å². The van der Waals surface area contributed by atoms with E-state index in [2.05, 4.69) is 18.8 Å². The Bertz CT molecular complexity index is 1460. The summed E-state index contributed by atoms with van der Waals surface area (Å²) < 4.78 is 7.48. The number of carboxylic acids is 1. The van der Waals surface area contributed by atoms with E-state index in [1.54, 1.807) is 29.3 Å². The SMILES string of the molecule is COc1ccc(C(=O)O)cc1-c1ccc2c(c1)C(=O)N(c1cccc(-c3nccn3C(C)C)n1)C2. The lowest BCUT2D eigenvalue weighted by atomic mass is 9.98. The molecule has 5 rings (SSSR count). The van der Waals surface area contributed by atoms with Crippen LogP contribution in [0.3, 0.4) is 0 Å². The number of methoxy groups -OCH3 is 1. The van der Waals surface area contributed by atoms with Gasteiger partial charge in [0, 0.05) is 29.6 Å². The number of imidazole rings is 1. The lowest BCUT2D eigenvalue weighted by Gasteiger charge is -2.16. The first-order valence-corrected chi connectivity index (χ1v) is 11.2. The molecule has 0 atom stereocenters. The summed E-state index contributed by atoms with van der Waals surface area (Å²) in [6, 6.07) is 16.0. The second kappa shape index (κ2) is 8.72. The van der Waals surface area contributed by atoms with Gasteiger partial charge in [0.05, 0.1) is 19.2 Å². The fraction of sp³-hybridized carbons (Fsp3) is 0.185. The van der Waals surface area contributed by atoms with Crippen molar-refractivity contribution in [1.29, 1.82) is 0 Å². The summed E-state index contributed by atoms with van der Waals surface area (Å²) in [5, 5.41) is 9.40. The largest absolute Gasteiger partial charge is 0.496 e. The molecular weight excluding hydrogens is 444 g/mol. The number of fused-ring (bicyclic) bond motifs is 1. The molecule has 35 heavy (non-hydrogen) atoms. The van der Waals surface area contributed by atoms with Gasteiger partial charge in [-0.3, -0.25) is 9.69 Å². The van der Waals surface area contributed by atoms with Crippen LogP contribution in [-0.4, -0.2) is 38.6 Å². The van der Waals surface area contributed by atoms with Gasteiger partial charge >= 0.3 is 5.97 Å². The number of aromatic carboxylic acids is 1. The van der Waals surface area contributed by atoms with E-state index in [0.717, 1.165) is 11.4 Å². The van der Waals surface area contributed by atoms with Crippen molar-refractivity contribution in [3.05, 3.63) is 83.7 Å². The van der Waals surface area contributed by atoms with Gasteiger partial charge in [-0.2, -0.15) is 0 Å². The fourth-order valence-corrected chi connectivity index (χ4v) is 4.35. The van der Waals surface area contributed by atoms with Gasteiger partial charge in [0.25, 0.3) is 5.91 Å². The first-order chi connectivity index (χ1) is 16.9. The van der Waals surface area contributed by atoms with Crippen LogP contribution in [0.25, 0.3) is 22.6 Å². The Morgan fingerprint density at radius 1 is 1.09 bits per heavy atom. The molecule has 0 bridgehead atoms. The third-order valence-electron chi connectivity index (χ3n) is 6.14. The van der Waals surface area contributed by atoms with Crippen LogP contribution in [0.4, 0.5) is 5.82 Å². The third kappa shape index (κ3) is 3.93. The van der Waals surface area contributed by atoms with E-state index in [-0.39, 0.29) is 17.5 Å². The molecule has 0 aliphatic carbocycles. The number of ether oxygens (including phenoxy) is 1. The number of nitrogens with zero attached hydrogens (tertiary/aromatic N) is 4. The summed E-state index contributed by atoms with van der Waals surface area (Å²) in [5.74, 6) is 0.647. The number of carboxylic acid groups (broad SMARTS) is 1. The average molecular weight is 469 g/mol. The Morgan fingerprint density at radius 3 is 2.66 bits per heavy atom. The first-order valence-electron chi connectivity index (χ1n) is 11.2. The number of hydrogen-bond donors (Lipinski definition) is 1. The Morgan fingerprint density at radius 2 is 1.91 bits per heavy atom. The number of pyridine rings is 1. The minimum Gasteiger partial charge on any atom is -0.496 e. The van der Waals surface area contributed by atoms with Crippen LogP contribution < -0.4 is 9.64 Å². The molecule has 176 valence electrons. The maximum Gasteiger partial charge on any atom is 0.335 e. The number of anilines is 1. The molecule has 1 aliphatic rings. The number of benzene rings is 2. The average Bonchev–Trinajstić information content (AvgIpc) is 3.49. The maximum atomic E-state index is 13.4. The zero-order valence-corrected chi connectivity index (χ0v) is 19.6. The van der Waals surface area contributed by atoms with Crippen LogP contribution in [0.1, 0.15) is 46.2 Å². The number of amides is 1. The highest BCUT2D eigenvalue weighted by Crippen LogP contribution is 2.36. The van der Waals surface area contributed by atoms with E-state index in [1.807, 2.05) is 41.1 Å².